The summed E-state index contributed by atoms with van der Waals surface area (Å²) in [4.78, 5) is 31.2. The Labute approximate surface area is 134 Å². The molecule has 2 N–H and O–H groups in total. The predicted octanol–water partition coefficient (Wildman–Crippen LogP) is 1.19. The molecule has 0 aliphatic carbocycles. The highest BCUT2D eigenvalue weighted by molar-refractivity contribution is 6.05. The summed E-state index contributed by atoms with van der Waals surface area (Å²) < 4.78 is 1.53. The average Bonchev–Trinajstić information content (AvgIpc) is 2.80. The van der Waals surface area contributed by atoms with Crippen molar-refractivity contribution in [2.75, 3.05) is 19.7 Å². The third-order valence-electron chi connectivity index (χ3n) is 3.83. The van der Waals surface area contributed by atoms with Crippen LogP contribution in [-0.4, -0.2) is 50.4 Å². The number of carbonyl (C=O) groups excluding carboxylic acids is 1. The SMILES string of the molecule is CCCCN(CCCO)C(=O)c1cc(C)nc2c1c(=O)[nH]n2C. The van der Waals surface area contributed by atoms with Crippen molar-refractivity contribution >= 4 is 16.9 Å². The quantitative estimate of drug-likeness (QED) is 0.802. The van der Waals surface area contributed by atoms with Crippen molar-refractivity contribution in [2.45, 2.75) is 33.1 Å². The molecule has 0 spiro atoms. The van der Waals surface area contributed by atoms with Crippen molar-refractivity contribution in [1.29, 1.82) is 0 Å². The van der Waals surface area contributed by atoms with Gasteiger partial charge in [0.15, 0.2) is 5.65 Å². The Kier molecular flexibility index (Phi) is 5.54. The first-order valence-corrected chi connectivity index (χ1v) is 7.96. The molecule has 0 saturated heterocycles. The Hall–Kier alpha value is -2.15. The van der Waals surface area contributed by atoms with Crippen LogP contribution >= 0.6 is 0 Å². The number of hydrogen-bond donors (Lipinski definition) is 2. The molecule has 7 heteroatoms. The van der Waals surface area contributed by atoms with Gasteiger partial charge in [-0.1, -0.05) is 13.3 Å². The van der Waals surface area contributed by atoms with Crippen molar-refractivity contribution in [3.8, 4) is 0 Å². The maximum absolute atomic E-state index is 12.9. The van der Waals surface area contributed by atoms with Gasteiger partial charge in [-0.15, -0.1) is 0 Å². The molecular weight excluding hydrogens is 296 g/mol. The van der Waals surface area contributed by atoms with Gasteiger partial charge in [-0.05, 0) is 25.8 Å². The molecule has 0 fully saturated rings. The lowest BCUT2D eigenvalue weighted by Gasteiger charge is -2.22. The number of hydrogen-bond acceptors (Lipinski definition) is 4. The molecule has 0 saturated carbocycles. The summed E-state index contributed by atoms with van der Waals surface area (Å²) in [7, 11) is 1.70. The Morgan fingerprint density at radius 1 is 1.39 bits per heavy atom. The lowest BCUT2D eigenvalue weighted by Crippen LogP contribution is -2.34. The van der Waals surface area contributed by atoms with E-state index in [-0.39, 0.29) is 18.1 Å². The number of fused-ring (bicyclic) bond motifs is 1. The van der Waals surface area contributed by atoms with Gasteiger partial charge in [0.05, 0.1) is 10.9 Å². The number of nitrogens with one attached hydrogen (secondary N) is 1. The molecule has 0 aromatic carbocycles. The fraction of sp³-hybridized carbons (Fsp3) is 0.562. The summed E-state index contributed by atoms with van der Waals surface area (Å²) in [5, 5.41) is 12.0. The van der Waals surface area contributed by atoms with Crippen LogP contribution in [0.3, 0.4) is 0 Å². The third kappa shape index (κ3) is 3.61. The molecule has 0 bridgehead atoms. The molecule has 2 rings (SSSR count). The van der Waals surface area contributed by atoms with Crippen LogP contribution in [-0.2, 0) is 7.05 Å². The highest BCUT2D eigenvalue weighted by Crippen LogP contribution is 2.17. The zero-order valence-electron chi connectivity index (χ0n) is 13.9. The molecule has 2 heterocycles. The van der Waals surface area contributed by atoms with Gasteiger partial charge in [-0.25, -0.2) is 4.98 Å². The minimum Gasteiger partial charge on any atom is -0.396 e. The van der Waals surface area contributed by atoms with E-state index in [0.29, 0.717) is 41.8 Å². The molecule has 0 aliphatic rings. The van der Waals surface area contributed by atoms with Crippen LogP contribution < -0.4 is 5.56 Å². The van der Waals surface area contributed by atoms with Crippen LogP contribution in [0.2, 0.25) is 0 Å². The number of aromatic nitrogens is 3. The van der Waals surface area contributed by atoms with E-state index < -0.39 is 0 Å². The minimum atomic E-state index is -0.309. The molecule has 126 valence electrons. The number of carbonyl (C=O) groups is 1. The monoisotopic (exact) mass is 320 g/mol. The molecule has 0 aliphatic heterocycles. The number of pyridine rings is 1. The zero-order valence-corrected chi connectivity index (χ0v) is 13.9. The Morgan fingerprint density at radius 3 is 2.74 bits per heavy atom. The molecule has 7 nitrogen and oxygen atoms in total. The smallest absolute Gasteiger partial charge is 0.274 e. The second kappa shape index (κ2) is 7.41. The number of unbranched alkanes of at least 4 members (excludes halogenated alkanes) is 1. The maximum Gasteiger partial charge on any atom is 0.274 e. The fourth-order valence-corrected chi connectivity index (χ4v) is 2.65. The highest BCUT2D eigenvalue weighted by Gasteiger charge is 2.22. The number of aliphatic hydroxyl groups excluding tert-OH is 1. The standard InChI is InChI=1S/C16H24N4O3/c1-4-5-7-20(8-6-9-21)16(23)12-10-11(2)17-14-13(12)15(22)18-19(14)3/h10,21H,4-9H2,1-3H3,(H,18,22). The average molecular weight is 320 g/mol. The summed E-state index contributed by atoms with van der Waals surface area (Å²) in [5.41, 5.74) is 1.24. The second-order valence-corrected chi connectivity index (χ2v) is 5.73. The summed E-state index contributed by atoms with van der Waals surface area (Å²) >= 11 is 0. The summed E-state index contributed by atoms with van der Waals surface area (Å²) in [5.74, 6) is -0.181. The van der Waals surface area contributed by atoms with Crippen LogP contribution in [0.1, 0.15) is 42.2 Å². The van der Waals surface area contributed by atoms with E-state index in [1.807, 2.05) is 0 Å². The fourth-order valence-electron chi connectivity index (χ4n) is 2.65. The first kappa shape index (κ1) is 17.2. The molecule has 2 aromatic rings. The van der Waals surface area contributed by atoms with Gasteiger partial charge in [0.1, 0.15) is 0 Å². The minimum absolute atomic E-state index is 0.0343. The zero-order chi connectivity index (χ0) is 17.0. The Balaban J connectivity index is 2.47. The first-order valence-electron chi connectivity index (χ1n) is 7.96. The molecule has 0 atom stereocenters. The van der Waals surface area contributed by atoms with E-state index in [1.54, 1.807) is 24.9 Å². The predicted molar refractivity (Wildman–Crippen MR) is 88.6 cm³/mol. The van der Waals surface area contributed by atoms with Crippen LogP contribution in [0, 0.1) is 6.92 Å². The van der Waals surface area contributed by atoms with E-state index >= 15 is 0 Å². The second-order valence-electron chi connectivity index (χ2n) is 5.73. The first-order chi connectivity index (χ1) is 11.0. The highest BCUT2D eigenvalue weighted by atomic mass is 16.3. The summed E-state index contributed by atoms with van der Waals surface area (Å²) in [6.45, 7) is 4.99. The van der Waals surface area contributed by atoms with E-state index in [4.69, 9.17) is 5.11 Å². The molecule has 0 radical (unpaired) electrons. The third-order valence-corrected chi connectivity index (χ3v) is 3.83. The van der Waals surface area contributed by atoms with Crippen molar-refractivity contribution in [2.24, 2.45) is 7.05 Å². The number of nitrogens with zero attached hydrogens (tertiary/aromatic N) is 3. The van der Waals surface area contributed by atoms with Crippen LogP contribution in [0.5, 0.6) is 0 Å². The van der Waals surface area contributed by atoms with Gasteiger partial charge in [-0.2, -0.15) is 0 Å². The lowest BCUT2D eigenvalue weighted by molar-refractivity contribution is 0.0744. The maximum atomic E-state index is 12.9. The largest absolute Gasteiger partial charge is 0.396 e. The van der Waals surface area contributed by atoms with Gasteiger partial charge in [-0.3, -0.25) is 19.4 Å². The van der Waals surface area contributed by atoms with E-state index in [1.165, 1.54) is 4.68 Å². The summed E-state index contributed by atoms with van der Waals surface area (Å²) in [6.07, 6.45) is 2.38. The van der Waals surface area contributed by atoms with Gasteiger partial charge in [0.25, 0.3) is 11.5 Å². The van der Waals surface area contributed by atoms with Gasteiger partial charge in [0, 0.05) is 32.4 Å². The molecular formula is C16H24N4O3. The number of aromatic amines is 1. The van der Waals surface area contributed by atoms with E-state index in [0.717, 1.165) is 12.8 Å². The molecule has 23 heavy (non-hydrogen) atoms. The van der Waals surface area contributed by atoms with Crippen LogP contribution in [0.25, 0.3) is 11.0 Å². The number of amides is 1. The Bertz CT molecular complexity index is 740. The molecule has 1 amide bonds. The number of aryl methyl sites for hydroxylation is 2. The Morgan fingerprint density at radius 2 is 2.09 bits per heavy atom. The number of rotatable bonds is 7. The lowest BCUT2D eigenvalue weighted by atomic mass is 10.1. The van der Waals surface area contributed by atoms with Crippen LogP contribution in [0.4, 0.5) is 0 Å². The van der Waals surface area contributed by atoms with E-state index in [9.17, 15) is 9.59 Å². The van der Waals surface area contributed by atoms with Crippen molar-refractivity contribution in [1.82, 2.24) is 19.7 Å². The van der Waals surface area contributed by atoms with E-state index in [2.05, 4.69) is 17.0 Å². The van der Waals surface area contributed by atoms with Gasteiger partial charge in [0.2, 0.25) is 0 Å². The topological polar surface area (TPSA) is 91.2 Å². The normalized spacial score (nSPS) is 11.1. The van der Waals surface area contributed by atoms with Gasteiger partial charge >= 0.3 is 0 Å². The van der Waals surface area contributed by atoms with Crippen molar-refractivity contribution < 1.29 is 9.90 Å². The molecule has 0 unspecified atom stereocenters. The number of H-pyrrole nitrogens is 1. The van der Waals surface area contributed by atoms with Crippen molar-refractivity contribution in [3.05, 3.63) is 27.7 Å². The van der Waals surface area contributed by atoms with Gasteiger partial charge < -0.3 is 10.0 Å². The summed E-state index contributed by atoms with van der Waals surface area (Å²) in [6, 6.07) is 1.66. The van der Waals surface area contributed by atoms with Crippen molar-refractivity contribution in [3.63, 3.8) is 0 Å². The van der Waals surface area contributed by atoms with Crippen LogP contribution in [0.15, 0.2) is 10.9 Å². The number of aliphatic hydroxyl groups is 1. The molecule has 2 aromatic heterocycles.